The maximum atomic E-state index is 16.1. The van der Waals surface area contributed by atoms with Crippen molar-refractivity contribution in [1.82, 2.24) is 24.4 Å². The molecule has 2 saturated heterocycles. The molecule has 0 unspecified atom stereocenters. The third-order valence-corrected chi connectivity index (χ3v) is 9.39. The number of hydrogen-bond donors (Lipinski definition) is 2. The van der Waals surface area contributed by atoms with Crippen LogP contribution in [-0.4, -0.2) is 66.3 Å². The van der Waals surface area contributed by atoms with Gasteiger partial charge < -0.3 is 10.2 Å². The molecule has 220 valence electrons. The Morgan fingerprint density at radius 3 is 2.50 bits per heavy atom. The van der Waals surface area contributed by atoms with Crippen molar-refractivity contribution in [2.24, 2.45) is 0 Å². The van der Waals surface area contributed by atoms with E-state index in [9.17, 15) is 8.42 Å². The van der Waals surface area contributed by atoms with E-state index in [-0.39, 0.29) is 28.0 Å². The van der Waals surface area contributed by atoms with Crippen molar-refractivity contribution < 1.29 is 17.2 Å². The summed E-state index contributed by atoms with van der Waals surface area (Å²) < 4.78 is 62.6. The van der Waals surface area contributed by atoms with E-state index in [1.54, 1.807) is 30.6 Å². The zero-order valence-corrected chi connectivity index (χ0v) is 24.5. The molecule has 0 saturated carbocycles. The van der Waals surface area contributed by atoms with Crippen molar-refractivity contribution in [3.8, 4) is 28.1 Å². The second kappa shape index (κ2) is 11.6. The first kappa shape index (κ1) is 28.5. The highest BCUT2D eigenvalue weighted by atomic mass is 35.5. The van der Waals surface area contributed by atoms with Crippen LogP contribution in [0.3, 0.4) is 0 Å². The Morgan fingerprint density at radius 2 is 1.79 bits per heavy atom. The van der Waals surface area contributed by atoms with Crippen molar-refractivity contribution >= 4 is 33.2 Å². The average molecular weight is 614 g/mol. The standard InChI is InChI=1S/C29H30ClF2N7O2S/c1-19-17-34-10-13-38(19)22-4-5-27(25(31)16-22)39-18-24(29(35-39)20-6-8-33-9-7-20)23-14-21(30)15-26(28(23)32)36-42(40,41)37-11-2-3-12-37/h4-9,14-16,18-19,34,36H,2-3,10-13,17H2,1H3/t19-/m0/s1. The summed E-state index contributed by atoms with van der Waals surface area (Å²) in [6.45, 7) is 5.19. The number of nitrogens with zero attached hydrogens (tertiary/aromatic N) is 5. The molecule has 2 fully saturated rings. The van der Waals surface area contributed by atoms with Gasteiger partial charge in [-0.25, -0.2) is 13.5 Å². The van der Waals surface area contributed by atoms with Crippen LogP contribution in [0.5, 0.6) is 0 Å². The van der Waals surface area contributed by atoms with E-state index in [4.69, 9.17) is 11.6 Å². The van der Waals surface area contributed by atoms with E-state index in [0.717, 1.165) is 38.2 Å². The van der Waals surface area contributed by atoms with Crippen LogP contribution in [0.4, 0.5) is 20.2 Å². The van der Waals surface area contributed by atoms with Gasteiger partial charge in [0.1, 0.15) is 11.4 Å². The molecule has 0 spiro atoms. The number of anilines is 2. The lowest BCUT2D eigenvalue weighted by Gasteiger charge is -2.36. The van der Waals surface area contributed by atoms with E-state index < -0.39 is 21.8 Å². The fourth-order valence-corrected chi connectivity index (χ4v) is 7.01. The number of pyridine rings is 1. The maximum absolute atomic E-state index is 16.1. The Balaban J connectivity index is 1.43. The number of halogens is 3. The van der Waals surface area contributed by atoms with Gasteiger partial charge in [-0.3, -0.25) is 9.71 Å². The first-order valence-electron chi connectivity index (χ1n) is 13.8. The Hall–Kier alpha value is -3.58. The van der Waals surface area contributed by atoms with Crippen LogP contribution in [0.25, 0.3) is 28.1 Å². The van der Waals surface area contributed by atoms with Gasteiger partial charge in [-0.15, -0.1) is 0 Å². The summed E-state index contributed by atoms with van der Waals surface area (Å²) >= 11 is 6.39. The maximum Gasteiger partial charge on any atom is 0.301 e. The summed E-state index contributed by atoms with van der Waals surface area (Å²) in [6.07, 6.45) is 6.15. The fourth-order valence-electron chi connectivity index (χ4n) is 5.49. The summed E-state index contributed by atoms with van der Waals surface area (Å²) in [6, 6.07) is 11.2. The quantitative estimate of drug-likeness (QED) is 0.302. The van der Waals surface area contributed by atoms with Crippen molar-refractivity contribution in [3.63, 3.8) is 0 Å². The fraction of sp³-hybridized carbons (Fsp3) is 0.310. The van der Waals surface area contributed by atoms with Crippen molar-refractivity contribution in [3.05, 3.63) is 77.7 Å². The van der Waals surface area contributed by atoms with Crippen LogP contribution < -0.4 is 14.9 Å². The summed E-state index contributed by atoms with van der Waals surface area (Å²) in [4.78, 5) is 6.20. The normalized spacial score (nSPS) is 18.0. The lowest BCUT2D eigenvalue weighted by atomic mass is 10.0. The predicted octanol–water partition coefficient (Wildman–Crippen LogP) is 5.08. The Labute approximate surface area is 248 Å². The third-order valence-electron chi connectivity index (χ3n) is 7.65. The number of benzene rings is 2. The Bertz CT molecular complexity index is 1710. The molecule has 6 rings (SSSR count). The number of piperazine rings is 1. The van der Waals surface area contributed by atoms with Crippen LogP contribution in [0.2, 0.25) is 5.02 Å². The minimum atomic E-state index is -3.98. The molecule has 1 atom stereocenters. The van der Waals surface area contributed by atoms with E-state index in [0.29, 0.717) is 29.9 Å². The predicted molar refractivity (Wildman–Crippen MR) is 160 cm³/mol. The molecule has 2 N–H and O–H groups in total. The lowest BCUT2D eigenvalue weighted by molar-refractivity contribution is 0.482. The second-order valence-corrected chi connectivity index (χ2v) is 12.6. The van der Waals surface area contributed by atoms with Crippen LogP contribution in [0.15, 0.2) is 61.1 Å². The molecule has 0 aliphatic carbocycles. The molecule has 0 amide bonds. The molecule has 4 aromatic rings. The molecule has 2 aromatic carbocycles. The molecule has 0 bridgehead atoms. The molecule has 2 aromatic heterocycles. The van der Waals surface area contributed by atoms with Gasteiger partial charge in [0, 0.05) is 84.8 Å². The minimum Gasteiger partial charge on any atom is -0.366 e. The van der Waals surface area contributed by atoms with Crippen LogP contribution in [-0.2, 0) is 10.2 Å². The molecular formula is C29H30ClF2N7O2S. The molecule has 42 heavy (non-hydrogen) atoms. The number of hydrogen-bond acceptors (Lipinski definition) is 6. The van der Waals surface area contributed by atoms with Gasteiger partial charge in [-0.05, 0) is 62.2 Å². The molecule has 13 heteroatoms. The van der Waals surface area contributed by atoms with E-state index in [1.807, 2.05) is 6.07 Å². The number of nitrogens with one attached hydrogen (secondary N) is 2. The van der Waals surface area contributed by atoms with Gasteiger partial charge in [-0.1, -0.05) is 11.6 Å². The first-order valence-corrected chi connectivity index (χ1v) is 15.6. The van der Waals surface area contributed by atoms with Gasteiger partial charge >= 0.3 is 10.2 Å². The average Bonchev–Trinajstić information content (AvgIpc) is 3.67. The van der Waals surface area contributed by atoms with Gasteiger partial charge in [-0.2, -0.15) is 17.8 Å². The number of aromatic nitrogens is 3. The summed E-state index contributed by atoms with van der Waals surface area (Å²) in [5.74, 6) is -1.31. The van der Waals surface area contributed by atoms with Gasteiger partial charge in [0.05, 0.1) is 5.69 Å². The lowest BCUT2D eigenvalue weighted by Crippen LogP contribution is -2.49. The van der Waals surface area contributed by atoms with Gasteiger partial charge in [0.15, 0.2) is 11.6 Å². The smallest absolute Gasteiger partial charge is 0.301 e. The topological polar surface area (TPSA) is 95.4 Å². The summed E-state index contributed by atoms with van der Waals surface area (Å²) in [7, 11) is -3.98. The Kier molecular flexibility index (Phi) is 7.88. The molecule has 0 radical (unpaired) electrons. The highest BCUT2D eigenvalue weighted by molar-refractivity contribution is 7.90. The van der Waals surface area contributed by atoms with Crippen LogP contribution >= 0.6 is 11.6 Å². The van der Waals surface area contributed by atoms with E-state index in [2.05, 4.69) is 31.9 Å². The molecule has 2 aliphatic heterocycles. The highest BCUT2D eigenvalue weighted by Crippen LogP contribution is 2.38. The number of rotatable bonds is 7. The van der Waals surface area contributed by atoms with Crippen LogP contribution in [0, 0.1) is 11.6 Å². The van der Waals surface area contributed by atoms with Crippen LogP contribution in [0.1, 0.15) is 19.8 Å². The summed E-state index contributed by atoms with van der Waals surface area (Å²) in [5, 5.41) is 8.11. The largest absolute Gasteiger partial charge is 0.366 e. The minimum absolute atomic E-state index is 0.0198. The molecule has 2 aliphatic rings. The summed E-state index contributed by atoms with van der Waals surface area (Å²) in [5.41, 5.74) is 1.96. The van der Waals surface area contributed by atoms with Crippen molar-refractivity contribution in [1.29, 1.82) is 0 Å². The molecule has 4 heterocycles. The second-order valence-electron chi connectivity index (χ2n) is 10.5. The van der Waals surface area contributed by atoms with Crippen molar-refractivity contribution in [2.75, 3.05) is 42.3 Å². The van der Waals surface area contributed by atoms with Gasteiger partial charge in [0.2, 0.25) is 0 Å². The highest BCUT2D eigenvalue weighted by Gasteiger charge is 2.28. The SMILES string of the molecule is C[C@H]1CNCCN1c1ccc(-n2cc(-c3cc(Cl)cc(NS(=O)(=O)N4CCCC4)c3F)c(-c3ccncc3)n2)c(F)c1. The first-order chi connectivity index (χ1) is 20.2. The molecular weight excluding hydrogens is 584 g/mol. The monoisotopic (exact) mass is 613 g/mol. The molecule has 9 nitrogen and oxygen atoms in total. The Morgan fingerprint density at radius 1 is 1.02 bits per heavy atom. The van der Waals surface area contributed by atoms with E-state index in [1.165, 1.54) is 33.4 Å². The third kappa shape index (κ3) is 5.59. The van der Waals surface area contributed by atoms with Crippen molar-refractivity contribution in [2.45, 2.75) is 25.8 Å². The zero-order valence-electron chi connectivity index (χ0n) is 22.9. The van der Waals surface area contributed by atoms with Gasteiger partial charge in [0.25, 0.3) is 0 Å². The zero-order chi connectivity index (χ0) is 29.4. The van der Waals surface area contributed by atoms with E-state index >= 15 is 8.78 Å².